The van der Waals surface area contributed by atoms with Crippen molar-refractivity contribution in [3.63, 3.8) is 0 Å². The molecule has 0 amide bonds. The van der Waals surface area contributed by atoms with E-state index >= 15 is 0 Å². The predicted octanol–water partition coefficient (Wildman–Crippen LogP) is 2.08. The Bertz CT molecular complexity index is 447. The molecule has 2 rings (SSSR count). The maximum Gasteiger partial charge on any atom is 0.306 e. The predicted molar refractivity (Wildman–Crippen MR) is 69.7 cm³/mol. The first-order valence-corrected chi connectivity index (χ1v) is 6.66. The highest BCUT2D eigenvalue weighted by atomic mass is 79.9. The van der Waals surface area contributed by atoms with Gasteiger partial charge in [-0.3, -0.25) is 4.79 Å². The quantitative estimate of drug-likeness (QED) is 0.843. The summed E-state index contributed by atoms with van der Waals surface area (Å²) in [5, 5.41) is 17.8. The van der Waals surface area contributed by atoms with Crippen molar-refractivity contribution in [1.82, 2.24) is 0 Å². The number of aliphatic carboxylic acids is 1. The number of halogens is 1. The molecule has 18 heavy (non-hydrogen) atoms. The lowest BCUT2D eigenvalue weighted by molar-refractivity contribution is -0.138. The van der Waals surface area contributed by atoms with Crippen LogP contribution in [-0.2, 0) is 11.2 Å². The molecule has 1 fully saturated rings. The van der Waals surface area contributed by atoms with Crippen LogP contribution in [0.5, 0.6) is 5.75 Å². The summed E-state index contributed by atoms with van der Waals surface area (Å²) < 4.78 is 6.59. The maximum atomic E-state index is 10.7. The van der Waals surface area contributed by atoms with Gasteiger partial charge >= 0.3 is 5.97 Å². The van der Waals surface area contributed by atoms with Gasteiger partial charge in [0.05, 0.1) is 12.5 Å². The summed E-state index contributed by atoms with van der Waals surface area (Å²) in [5.74, 6) is -0.145. The highest BCUT2D eigenvalue weighted by molar-refractivity contribution is 9.10. The lowest BCUT2D eigenvalue weighted by atomic mass is 10.1. The fraction of sp³-hybridized carbons (Fsp3) is 0.462. The zero-order valence-corrected chi connectivity index (χ0v) is 11.4. The van der Waals surface area contributed by atoms with Gasteiger partial charge in [0.15, 0.2) is 0 Å². The molecule has 0 heterocycles. The lowest BCUT2D eigenvalue weighted by Gasteiger charge is -2.11. The molecule has 1 saturated carbocycles. The molecule has 2 N–H and O–H groups in total. The number of carboxylic acids is 1. The number of carboxylic acid groups (broad SMARTS) is 1. The first-order valence-electron chi connectivity index (χ1n) is 5.86. The molecular formula is C13H15BrO4. The van der Waals surface area contributed by atoms with Crippen molar-refractivity contribution < 1.29 is 19.7 Å². The molecule has 1 aliphatic rings. The van der Waals surface area contributed by atoms with Gasteiger partial charge in [0.25, 0.3) is 0 Å². The Labute approximate surface area is 114 Å². The number of ether oxygens (including phenoxy) is 1. The molecule has 0 unspecified atom stereocenters. The third kappa shape index (κ3) is 3.23. The van der Waals surface area contributed by atoms with Crippen molar-refractivity contribution in [2.24, 2.45) is 11.8 Å². The fourth-order valence-corrected chi connectivity index (χ4v) is 2.34. The summed E-state index contributed by atoms with van der Waals surface area (Å²) in [6.07, 6.45) is 1.23. The van der Waals surface area contributed by atoms with E-state index in [2.05, 4.69) is 15.9 Å². The summed E-state index contributed by atoms with van der Waals surface area (Å²) >= 11 is 3.37. The van der Waals surface area contributed by atoms with Crippen molar-refractivity contribution in [2.45, 2.75) is 12.8 Å². The van der Waals surface area contributed by atoms with Crippen molar-refractivity contribution >= 4 is 21.9 Å². The van der Waals surface area contributed by atoms with E-state index in [9.17, 15) is 4.79 Å². The molecule has 1 aliphatic carbocycles. The second-order valence-corrected chi connectivity index (χ2v) is 5.39. The summed E-state index contributed by atoms with van der Waals surface area (Å²) in [4.78, 5) is 10.7. The molecule has 1 aromatic rings. The van der Waals surface area contributed by atoms with Gasteiger partial charge in [0, 0.05) is 17.0 Å². The first-order chi connectivity index (χ1) is 8.61. The normalized spacial score (nSPS) is 21.7. The Balaban J connectivity index is 1.95. The van der Waals surface area contributed by atoms with E-state index in [0.29, 0.717) is 19.4 Å². The van der Waals surface area contributed by atoms with Gasteiger partial charge < -0.3 is 14.9 Å². The zero-order chi connectivity index (χ0) is 13.1. The van der Waals surface area contributed by atoms with E-state index in [4.69, 9.17) is 14.9 Å². The molecule has 0 radical (unpaired) electrons. The second-order valence-electron chi connectivity index (χ2n) is 4.48. The van der Waals surface area contributed by atoms with E-state index in [1.807, 2.05) is 18.2 Å². The summed E-state index contributed by atoms with van der Waals surface area (Å²) in [5.41, 5.74) is 0.930. The topological polar surface area (TPSA) is 66.8 Å². The van der Waals surface area contributed by atoms with Gasteiger partial charge in [0.2, 0.25) is 0 Å². The van der Waals surface area contributed by atoms with E-state index < -0.39 is 5.97 Å². The average molecular weight is 315 g/mol. The minimum absolute atomic E-state index is 0.0635. The summed E-state index contributed by atoms with van der Waals surface area (Å²) in [6.45, 7) is 0.491. The number of carbonyl (C=O) groups is 1. The number of aliphatic hydroxyl groups excluding tert-OH is 1. The molecule has 0 bridgehead atoms. The van der Waals surface area contributed by atoms with Crippen LogP contribution in [0.25, 0.3) is 0 Å². The van der Waals surface area contributed by atoms with Crippen LogP contribution in [0.2, 0.25) is 0 Å². The monoisotopic (exact) mass is 314 g/mol. The van der Waals surface area contributed by atoms with Crippen LogP contribution in [0.3, 0.4) is 0 Å². The van der Waals surface area contributed by atoms with Crippen molar-refractivity contribution in [3.8, 4) is 5.75 Å². The number of rotatable bonds is 6. The number of aliphatic hydroxyl groups is 1. The van der Waals surface area contributed by atoms with Gasteiger partial charge in [-0.15, -0.1) is 0 Å². The van der Waals surface area contributed by atoms with Gasteiger partial charge in [-0.2, -0.15) is 0 Å². The third-order valence-corrected chi connectivity index (χ3v) is 3.59. The highest BCUT2D eigenvalue weighted by Crippen LogP contribution is 2.39. The van der Waals surface area contributed by atoms with Crippen LogP contribution < -0.4 is 4.74 Å². The average Bonchev–Trinajstić information content (AvgIpc) is 3.08. The number of benzene rings is 1. The Hall–Kier alpha value is -1.07. The molecular weight excluding hydrogens is 300 g/mol. The van der Waals surface area contributed by atoms with E-state index in [1.54, 1.807) is 0 Å². The molecule has 2 atom stereocenters. The van der Waals surface area contributed by atoms with Crippen LogP contribution in [0.15, 0.2) is 22.7 Å². The fourth-order valence-electron chi connectivity index (χ4n) is 1.94. The molecule has 4 nitrogen and oxygen atoms in total. The minimum atomic E-state index is -0.741. The van der Waals surface area contributed by atoms with E-state index in [1.165, 1.54) is 0 Å². The SMILES string of the molecule is O=C(O)[C@@H]1C[C@H]1COc1ccc(Br)cc1CCO. The molecule has 98 valence electrons. The maximum absolute atomic E-state index is 10.7. The van der Waals surface area contributed by atoms with Crippen LogP contribution in [0, 0.1) is 11.8 Å². The van der Waals surface area contributed by atoms with Gasteiger partial charge in [-0.05, 0) is 36.6 Å². The minimum Gasteiger partial charge on any atom is -0.493 e. The largest absolute Gasteiger partial charge is 0.493 e. The van der Waals surface area contributed by atoms with E-state index in [-0.39, 0.29) is 18.4 Å². The van der Waals surface area contributed by atoms with Crippen molar-refractivity contribution in [3.05, 3.63) is 28.2 Å². The van der Waals surface area contributed by atoms with Crippen LogP contribution >= 0.6 is 15.9 Å². The number of hydrogen-bond acceptors (Lipinski definition) is 3. The summed E-state index contributed by atoms with van der Waals surface area (Å²) in [6, 6.07) is 5.62. The second kappa shape index (κ2) is 5.71. The Morgan fingerprint density at radius 2 is 2.28 bits per heavy atom. The van der Waals surface area contributed by atoms with Crippen LogP contribution in [0.4, 0.5) is 0 Å². The zero-order valence-electron chi connectivity index (χ0n) is 9.80. The summed E-state index contributed by atoms with van der Waals surface area (Å²) in [7, 11) is 0. The smallest absolute Gasteiger partial charge is 0.306 e. The van der Waals surface area contributed by atoms with Gasteiger partial charge in [0.1, 0.15) is 5.75 Å². The Morgan fingerprint density at radius 3 is 2.89 bits per heavy atom. The van der Waals surface area contributed by atoms with Crippen LogP contribution in [0.1, 0.15) is 12.0 Å². The Kier molecular flexibility index (Phi) is 4.24. The third-order valence-electron chi connectivity index (χ3n) is 3.10. The molecule has 0 spiro atoms. The molecule has 5 heteroatoms. The number of hydrogen-bond donors (Lipinski definition) is 2. The van der Waals surface area contributed by atoms with Gasteiger partial charge in [-0.1, -0.05) is 15.9 Å². The standard InChI is InChI=1S/C13H15BrO4/c14-10-1-2-12(8(5-10)3-4-15)18-7-9-6-11(9)13(16)17/h1-2,5,9,11,15H,3-4,6-7H2,(H,16,17)/t9-,11+/m0/s1. The molecule has 0 saturated heterocycles. The van der Waals surface area contributed by atoms with Crippen LogP contribution in [-0.4, -0.2) is 29.4 Å². The first kappa shape index (κ1) is 13.4. The lowest BCUT2D eigenvalue weighted by Crippen LogP contribution is -2.07. The van der Waals surface area contributed by atoms with Crippen molar-refractivity contribution in [2.75, 3.05) is 13.2 Å². The van der Waals surface area contributed by atoms with Crippen molar-refractivity contribution in [1.29, 1.82) is 0 Å². The Morgan fingerprint density at radius 1 is 1.50 bits per heavy atom. The molecule has 1 aromatic carbocycles. The molecule has 0 aromatic heterocycles. The van der Waals surface area contributed by atoms with E-state index in [0.717, 1.165) is 15.8 Å². The molecule has 0 aliphatic heterocycles. The van der Waals surface area contributed by atoms with Gasteiger partial charge in [-0.25, -0.2) is 0 Å². The highest BCUT2D eigenvalue weighted by Gasteiger charge is 2.43.